The van der Waals surface area contributed by atoms with E-state index in [0.29, 0.717) is 11.9 Å². The zero-order valence-corrected chi connectivity index (χ0v) is 13.9. The lowest BCUT2D eigenvalue weighted by Gasteiger charge is -2.01. The Balaban J connectivity index is 3.10. The number of rotatable bonds is 15. The van der Waals surface area contributed by atoms with Crippen molar-refractivity contribution >= 4 is 5.91 Å². The van der Waals surface area contributed by atoms with Crippen LogP contribution in [-0.4, -0.2) is 5.91 Å². The Morgan fingerprint density at radius 3 is 1.81 bits per heavy atom. The van der Waals surface area contributed by atoms with Gasteiger partial charge in [0.1, 0.15) is 0 Å². The molecule has 0 aromatic rings. The van der Waals surface area contributed by atoms with Crippen LogP contribution in [0.1, 0.15) is 96.8 Å². The van der Waals surface area contributed by atoms with E-state index < -0.39 is 0 Å². The lowest BCUT2D eigenvalue weighted by atomic mass is 10.1. The van der Waals surface area contributed by atoms with Crippen LogP contribution in [0.25, 0.3) is 0 Å². The summed E-state index contributed by atoms with van der Waals surface area (Å²) in [7, 11) is 0. The first-order valence-corrected chi connectivity index (χ1v) is 8.94. The summed E-state index contributed by atoms with van der Waals surface area (Å²) in [5, 5.41) is 10.1. The predicted octanol–water partition coefficient (Wildman–Crippen LogP) is 4.61. The van der Waals surface area contributed by atoms with Crippen molar-refractivity contribution in [2.75, 3.05) is 0 Å². The second kappa shape index (κ2) is 17.4. The number of carbonyl (C=O) groups excluding carboxylic acids is 1. The summed E-state index contributed by atoms with van der Waals surface area (Å²) < 4.78 is 0. The SMILES string of the molecule is CCCCCCCC/C=C\CCCCCCCC(=O)[NH2+][O-]. The van der Waals surface area contributed by atoms with Crippen molar-refractivity contribution < 1.29 is 10.3 Å². The Labute approximate surface area is 131 Å². The zero-order chi connectivity index (χ0) is 15.6. The summed E-state index contributed by atoms with van der Waals surface area (Å²) in [5.74, 6) is -0.257. The van der Waals surface area contributed by atoms with E-state index >= 15 is 0 Å². The fraction of sp³-hybridized carbons (Fsp3) is 0.833. The summed E-state index contributed by atoms with van der Waals surface area (Å²) in [5.41, 5.74) is 0.439. The largest absolute Gasteiger partial charge is 0.628 e. The number of primary amides is 1. The molecule has 3 heteroatoms. The third kappa shape index (κ3) is 17.3. The van der Waals surface area contributed by atoms with E-state index in [4.69, 9.17) is 0 Å². The van der Waals surface area contributed by atoms with E-state index in [1.165, 1.54) is 70.6 Å². The van der Waals surface area contributed by atoms with Gasteiger partial charge in [-0.05, 0) is 32.1 Å². The highest BCUT2D eigenvalue weighted by atomic mass is 16.5. The molecule has 0 rings (SSSR count). The monoisotopic (exact) mass is 297 g/mol. The van der Waals surface area contributed by atoms with Crippen LogP contribution in [0.15, 0.2) is 12.2 Å². The van der Waals surface area contributed by atoms with Crippen molar-refractivity contribution in [3.05, 3.63) is 17.4 Å². The Hall–Kier alpha value is -0.670. The maximum absolute atomic E-state index is 10.8. The minimum absolute atomic E-state index is 0.257. The molecule has 0 bridgehead atoms. The fourth-order valence-corrected chi connectivity index (χ4v) is 2.43. The molecule has 0 aliphatic rings. The first-order chi connectivity index (χ1) is 10.3. The summed E-state index contributed by atoms with van der Waals surface area (Å²) in [4.78, 5) is 10.8. The molecular formula is C18H35NO2. The number of hydrogen-bond acceptors (Lipinski definition) is 2. The summed E-state index contributed by atoms with van der Waals surface area (Å²) >= 11 is 0. The second-order valence-corrected chi connectivity index (χ2v) is 5.92. The third-order valence-corrected chi connectivity index (χ3v) is 3.82. The van der Waals surface area contributed by atoms with Gasteiger partial charge in [0.2, 0.25) is 0 Å². The molecule has 0 aliphatic heterocycles. The van der Waals surface area contributed by atoms with Gasteiger partial charge >= 0.3 is 5.91 Å². The number of quaternary nitrogens is 1. The molecule has 0 aromatic carbocycles. The van der Waals surface area contributed by atoms with Gasteiger partial charge in [-0.1, -0.05) is 70.4 Å². The summed E-state index contributed by atoms with van der Waals surface area (Å²) in [6.45, 7) is 2.26. The molecule has 0 fully saturated rings. The average Bonchev–Trinajstić information content (AvgIpc) is 2.50. The molecule has 0 unspecified atom stereocenters. The Bertz CT molecular complexity index is 252. The molecule has 0 radical (unpaired) electrons. The molecule has 0 aromatic heterocycles. The van der Waals surface area contributed by atoms with Gasteiger partial charge in [-0.3, -0.25) is 0 Å². The highest BCUT2D eigenvalue weighted by Gasteiger charge is 1.99. The molecular weight excluding hydrogens is 262 g/mol. The normalized spacial score (nSPS) is 11.3. The van der Waals surface area contributed by atoms with Crippen molar-refractivity contribution in [1.29, 1.82) is 0 Å². The van der Waals surface area contributed by atoms with Crippen LogP contribution in [-0.2, 0) is 4.79 Å². The number of hydroxylamine groups is 1. The topological polar surface area (TPSA) is 56.7 Å². The first-order valence-electron chi connectivity index (χ1n) is 8.94. The fourth-order valence-electron chi connectivity index (χ4n) is 2.43. The number of allylic oxidation sites excluding steroid dienone is 2. The molecule has 124 valence electrons. The van der Waals surface area contributed by atoms with Crippen LogP contribution >= 0.6 is 0 Å². The van der Waals surface area contributed by atoms with E-state index in [-0.39, 0.29) is 5.91 Å². The van der Waals surface area contributed by atoms with E-state index in [0.717, 1.165) is 12.8 Å². The second-order valence-electron chi connectivity index (χ2n) is 5.92. The molecule has 0 aliphatic carbocycles. The van der Waals surface area contributed by atoms with Gasteiger partial charge in [0.25, 0.3) is 0 Å². The van der Waals surface area contributed by atoms with Crippen molar-refractivity contribution in [1.82, 2.24) is 0 Å². The van der Waals surface area contributed by atoms with Crippen LogP contribution in [0.5, 0.6) is 0 Å². The predicted molar refractivity (Wildman–Crippen MR) is 89.8 cm³/mol. The third-order valence-electron chi connectivity index (χ3n) is 3.82. The number of hydrogen-bond donors (Lipinski definition) is 1. The molecule has 0 atom stereocenters. The number of amides is 1. The standard InChI is InChI=1S/C18H35NO2/c1-2-3-4-5-6-7-8-9-10-11-12-13-14-15-16-17-18(20)19-21/h9-10H,2-8,11-17,19H2,1H3/b10-9-. The molecule has 0 heterocycles. The van der Waals surface area contributed by atoms with Crippen LogP contribution in [0.2, 0.25) is 0 Å². The van der Waals surface area contributed by atoms with Crippen LogP contribution < -0.4 is 5.48 Å². The molecule has 0 spiro atoms. The minimum atomic E-state index is -0.257. The van der Waals surface area contributed by atoms with E-state index in [1.807, 2.05) is 0 Å². The average molecular weight is 297 g/mol. The Morgan fingerprint density at radius 2 is 1.29 bits per heavy atom. The smallest absolute Gasteiger partial charge is 0.310 e. The van der Waals surface area contributed by atoms with Gasteiger partial charge in [0.15, 0.2) is 0 Å². The van der Waals surface area contributed by atoms with Gasteiger partial charge in [-0.25, -0.2) is 4.79 Å². The zero-order valence-electron chi connectivity index (χ0n) is 13.9. The number of carbonyl (C=O) groups is 1. The van der Waals surface area contributed by atoms with Crippen LogP contribution in [0.3, 0.4) is 0 Å². The highest BCUT2D eigenvalue weighted by molar-refractivity contribution is 5.65. The van der Waals surface area contributed by atoms with Crippen LogP contribution in [0.4, 0.5) is 0 Å². The summed E-state index contributed by atoms with van der Waals surface area (Å²) in [6.07, 6.45) is 21.3. The quantitative estimate of drug-likeness (QED) is 0.272. The lowest BCUT2D eigenvalue weighted by Crippen LogP contribution is -2.81. The van der Waals surface area contributed by atoms with Gasteiger partial charge in [-0.2, -0.15) is 0 Å². The Morgan fingerprint density at radius 1 is 0.810 bits per heavy atom. The van der Waals surface area contributed by atoms with E-state index in [2.05, 4.69) is 19.1 Å². The molecule has 0 saturated carbocycles. The maximum Gasteiger partial charge on any atom is 0.310 e. The Kier molecular flexibility index (Phi) is 16.8. The number of unbranched alkanes of at least 4 members (excludes halogenated alkanes) is 11. The van der Waals surface area contributed by atoms with Gasteiger partial charge < -0.3 is 10.7 Å². The van der Waals surface area contributed by atoms with Crippen molar-refractivity contribution in [2.45, 2.75) is 96.8 Å². The molecule has 3 nitrogen and oxygen atoms in total. The molecule has 1 amide bonds. The van der Waals surface area contributed by atoms with Gasteiger partial charge in [-0.15, -0.1) is 0 Å². The highest BCUT2D eigenvalue weighted by Crippen LogP contribution is 2.09. The molecule has 2 N–H and O–H groups in total. The van der Waals surface area contributed by atoms with Gasteiger partial charge in [0.05, 0.1) is 6.42 Å². The van der Waals surface area contributed by atoms with E-state index in [9.17, 15) is 10.0 Å². The maximum atomic E-state index is 10.8. The van der Waals surface area contributed by atoms with Crippen molar-refractivity contribution in [3.63, 3.8) is 0 Å². The minimum Gasteiger partial charge on any atom is -0.628 e. The first kappa shape index (κ1) is 20.3. The molecule has 21 heavy (non-hydrogen) atoms. The molecule has 0 saturated heterocycles. The van der Waals surface area contributed by atoms with Crippen molar-refractivity contribution in [3.8, 4) is 0 Å². The van der Waals surface area contributed by atoms with E-state index in [1.54, 1.807) is 0 Å². The van der Waals surface area contributed by atoms with Crippen LogP contribution in [0, 0.1) is 5.21 Å². The summed E-state index contributed by atoms with van der Waals surface area (Å²) in [6, 6.07) is 0. The van der Waals surface area contributed by atoms with Gasteiger partial charge in [0, 0.05) is 0 Å². The lowest BCUT2D eigenvalue weighted by molar-refractivity contribution is -0.500. The van der Waals surface area contributed by atoms with Crippen molar-refractivity contribution in [2.24, 2.45) is 0 Å². The number of nitrogens with two attached hydrogens (primary N) is 1.